The molecule has 2 nitrogen and oxygen atoms in total. The van der Waals surface area contributed by atoms with E-state index in [1.807, 2.05) is 22.7 Å². The van der Waals surface area contributed by atoms with E-state index in [1.54, 1.807) is 0 Å². The molecule has 11 aromatic rings. The van der Waals surface area contributed by atoms with Crippen LogP contribution in [0.2, 0.25) is 0 Å². The van der Waals surface area contributed by atoms with Crippen molar-refractivity contribution in [3.63, 3.8) is 0 Å². The van der Waals surface area contributed by atoms with Crippen LogP contribution in [0.1, 0.15) is 42.9 Å². The molecule has 0 saturated carbocycles. The van der Waals surface area contributed by atoms with Crippen LogP contribution in [0, 0.1) is 0 Å². The molecule has 3 aromatic heterocycles. The molecular formula is C57H39NOS2. The minimum atomic E-state index is -0.107. The summed E-state index contributed by atoms with van der Waals surface area (Å²) in [6, 6.07) is 60.4. The zero-order valence-corrected chi connectivity index (χ0v) is 35.4. The molecule has 0 spiro atoms. The number of thiophene rings is 2. The molecule has 0 aliphatic heterocycles. The molecule has 8 aromatic carbocycles. The minimum absolute atomic E-state index is 0.107. The minimum Gasteiger partial charge on any atom is -0.453 e. The van der Waals surface area contributed by atoms with Gasteiger partial charge in [0, 0.05) is 79.4 Å². The molecule has 290 valence electrons. The number of furan rings is 1. The van der Waals surface area contributed by atoms with Gasteiger partial charge >= 0.3 is 0 Å². The van der Waals surface area contributed by atoms with Crippen molar-refractivity contribution in [1.29, 1.82) is 0 Å². The highest BCUT2D eigenvalue weighted by molar-refractivity contribution is 7.26. The van der Waals surface area contributed by atoms with Gasteiger partial charge < -0.3 is 9.32 Å². The summed E-state index contributed by atoms with van der Waals surface area (Å²) in [6.45, 7) is 4.67. The van der Waals surface area contributed by atoms with E-state index >= 15 is 0 Å². The van der Waals surface area contributed by atoms with Crippen LogP contribution in [0.3, 0.4) is 0 Å². The Kier molecular flexibility index (Phi) is 7.55. The molecule has 0 radical (unpaired) electrons. The van der Waals surface area contributed by atoms with Crippen LogP contribution in [0.15, 0.2) is 192 Å². The molecule has 3 heterocycles. The van der Waals surface area contributed by atoms with Gasteiger partial charge in [-0.25, -0.2) is 0 Å². The predicted molar refractivity (Wildman–Crippen MR) is 262 cm³/mol. The lowest BCUT2D eigenvalue weighted by atomic mass is 9.82. The Balaban J connectivity index is 0.963. The van der Waals surface area contributed by atoms with Crippen molar-refractivity contribution in [1.82, 2.24) is 0 Å². The standard InChI is InChI=1S/C57H39NOS2/c1-57(2)47-20-6-3-14-46(47)52-48(57)33-32-43-42-17-11-21-49(53(42)59-54(43)52)58(36-28-24-34(25-29-36)38-15-9-18-44-40-12-4-7-22-50(40)60-55(38)44)37-30-26-35(27-31-37)39-16-10-19-45-41-13-5-8-23-51(41)61-56(39)45/h3-26,28-33,35H,27H2,1-2H3. The summed E-state index contributed by atoms with van der Waals surface area (Å²) < 4.78 is 12.6. The second-order valence-corrected chi connectivity index (χ2v) is 19.2. The highest BCUT2D eigenvalue weighted by Crippen LogP contribution is 2.53. The van der Waals surface area contributed by atoms with E-state index < -0.39 is 0 Å². The molecule has 0 amide bonds. The van der Waals surface area contributed by atoms with E-state index in [2.05, 4.69) is 201 Å². The van der Waals surface area contributed by atoms with Gasteiger partial charge in [-0.2, -0.15) is 0 Å². The Bertz CT molecular complexity index is 3670. The highest BCUT2D eigenvalue weighted by Gasteiger charge is 2.37. The van der Waals surface area contributed by atoms with Crippen molar-refractivity contribution >= 4 is 96.3 Å². The molecule has 2 aliphatic rings. The SMILES string of the molecule is CC1(C)c2ccccc2-c2c1ccc1c2oc2c(N(C3=CCC(c4cccc5c4sc4ccccc45)C=C3)c3ccc(-c4cccc5c4sc4ccccc45)cc3)cccc21. The van der Waals surface area contributed by atoms with Crippen LogP contribution in [-0.2, 0) is 5.41 Å². The molecule has 0 bridgehead atoms. The van der Waals surface area contributed by atoms with Crippen LogP contribution >= 0.6 is 22.7 Å². The summed E-state index contributed by atoms with van der Waals surface area (Å²) in [5, 5.41) is 7.61. The summed E-state index contributed by atoms with van der Waals surface area (Å²) in [5.41, 5.74) is 14.1. The number of hydrogen-bond donors (Lipinski definition) is 0. The number of nitrogens with zero attached hydrogens (tertiary/aromatic N) is 1. The molecule has 0 fully saturated rings. The van der Waals surface area contributed by atoms with Crippen molar-refractivity contribution in [2.24, 2.45) is 0 Å². The van der Waals surface area contributed by atoms with Gasteiger partial charge in [0.05, 0.1) is 5.69 Å². The number of hydrogen-bond acceptors (Lipinski definition) is 4. The van der Waals surface area contributed by atoms with Gasteiger partial charge in [0.25, 0.3) is 0 Å². The van der Waals surface area contributed by atoms with Gasteiger partial charge in [0.2, 0.25) is 0 Å². The molecule has 61 heavy (non-hydrogen) atoms. The second-order valence-electron chi connectivity index (χ2n) is 17.1. The van der Waals surface area contributed by atoms with Gasteiger partial charge in [-0.15, -0.1) is 22.7 Å². The average Bonchev–Trinajstić information content (AvgIpc) is 4.06. The first-order chi connectivity index (χ1) is 30.0. The molecule has 0 N–H and O–H groups in total. The molecule has 2 aliphatic carbocycles. The maximum Gasteiger partial charge on any atom is 0.159 e. The molecule has 4 heteroatoms. The zero-order valence-electron chi connectivity index (χ0n) is 33.8. The normalized spacial score (nSPS) is 15.6. The Labute approximate surface area is 361 Å². The Hall–Kier alpha value is -6.72. The van der Waals surface area contributed by atoms with Crippen LogP contribution < -0.4 is 4.90 Å². The lowest BCUT2D eigenvalue weighted by Crippen LogP contribution is -2.17. The smallest absolute Gasteiger partial charge is 0.159 e. The number of para-hydroxylation sites is 1. The van der Waals surface area contributed by atoms with E-state index in [0.29, 0.717) is 0 Å². The van der Waals surface area contributed by atoms with Crippen LogP contribution in [0.25, 0.3) is 84.5 Å². The number of rotatable bonds is 5. The average molecular weight is 818 g/mol. The molecular weight excluding hydrogens is 779 g/mol. The van der Waals surface area contributed by atoms with Crippen molar-refractivity contribution in [3.8, 4) is 22.3 Å². The third-order valence-corrected chi connectivity index (χ3v) is 15.9. The summed E-state index contributed by atoms with van der Waals surface area (Å²) in [4.78, 5) is 2.42. The number of fused-ring (bicyclic) bond motifs is 13. The van der Waals surface area contributed by atoms with Crippen molar-refractivity contribution in [2.45, 2.75) is 31.6 Å². The van der Waals surface area contributed by atoms with E-state index in [1.165, 1.54) is 79.3 Å². The van der Waals surface area contributed by atoms with Gasteiger partial charge in [-0.05, 0) is 76.2 Å². The van der Waals surface area contributed by atoms with Gasteiger partial charge in [0.15, 0.2) is 5.58 Å². The Morgan fingerprint density at radius 1 is 0.541 bits per heavy atom. The maximum atomic E-state index is 7.22. The first-order valence-electron chi connectivity index (χ1n) is 21.2. The lowest BCUT2D eigenvalue weighted by molar-refractivity contribution is 0.653. The second kappa shape index (κ2) is 13.1. The maximum absolute atomic E-state index is 7.22. The fourth-order valence-corrected chi connectivity index (χ4v) is 13.0. The quantitative estimate of drug-likeness (QED) is 0.172. The van der Waals surface area contributed by atoms with Gasteiger partial charge in [-0.1, -0.05) is 159 Å². The molecule has 1 unspecified atom stereocenters. The Morgan fingerprint density at radius 3 is 1.97 bits per heavy atom. The van der Waals surface area contributed by atoms with Crippen molar-refractivity contribution < 1.29 is 4.42 Å². The van der Waals surface area contributed by atoms with E-state index in [-0.39, 0.29) is 11.3 Å². The molecule has 13 rings (SSSR count). The monoisotopic (exact) mass is 817 g/mol. The van der Waals surface area contributed by atoms with Crippen LogP contribution in [-0.4, -0.2) is 0 Å². The first kappa shape index (κ1) is 35.1. The summed E-state index contributed by atoms with van der Waals surface area (Å²) in [6.07, 6.45) is 8.09. The van der Waals surface area contributed by atoms with E-state index in [0.717, 1.165) is 45.4 Å². The summed E-state index contributed by atoms with van der Waals surface area (Å²) in [7, 11) is 0. The summed E-state index contributed by atoms with van der Waals surface area (Å²) in [5.74, 6) is 0.277. The molecule has 1 atom stereocenters. The zero-order chi connectivity index (χ0) is 40.4. The number of allylic oxidation sites excluding steroid dienone is 3. The van der Waals surface area contributed by atoms with Gasteiger partial charge in [0.1, 0.15) is 5.58 Å². The third-order valence-electron chi connectivity index (χ3n) is 13.4. The van der Waals surface area contributed by atoms with Crippen LogP contribution in [0.4, 0.5) is 11.4 Å². The fraction of sp³-hybridized carbons (Fsp3) is 0.0877. The van der Waals surface area contributed by atoms with E-state index in [9.17, 15) is 0 Å². The highest BCUT2D eigenvalue weighted by atomic mass is 32.1. The van der Waals surface area contributed by atoms with E-state index in [4.69, 9.17) is 4.42 Å². The number of benzene rings is 8. The summed E-state index contributed by atoms with van der Waals surface area (Å²) >= 11 is 3.79. The first-order valence-corrected chi connectivity index (χ1v) is 22.8. The fourth-order valence-electron chi connectivity index (χ4n) is 10.5. The van der Waals surface area contributed by atoms with Crippen molar-refractivity contribution in [2.75, 3.05) is 4.90 Å². The van der Waals surface area contributed by atoms with Crippen LogP contribution in [0.5, 0.6) is 0 Å². The molecule has 0 saturated heterocycles. The largest absolute Gasteiger partial charge is 0.453 e. The lowest BCUT2D eigenvalue weighted by Gasteiger charge is -2.29. The topological polar surface area (TPSA) is 16.4 Å². The third kappa shape index (κ3) is 5.13. The van der Waals surface area contributed by atoms with Crippen molar-refractivity contribution in [3.05, 3.63) is 204 Å². The van der Waals surface area contributed by atoms with Gasteiger partial charge in [-0.3, -0.25) is 0 Å². The Morgan fingerprint density at radius 2 is 1.18 bits per heavy atom. The predicted octanol–water partition coefficient (Wildman–Crippen LogP) is 17.1. The number of anilines is 2.